The van der Waals surface area contributed by atoms with Gasteiger partial charge in [-0.05, 0) is 26.3 Å². The van der Waals surface area contributed by atoms with Gasteiger partial charge in [0, 0.05) is 6.54 Å². The third kappa shape index (κ3) is 1.48. The molecule has 2 aliphatic rings. The minimum absolute atomic E-state index is 0.315. The van der Waals surface area contributed by atoms with Gasteiger partial charge in [0.05, 0.1) is 18.8 Å². The molecule has 0 aliphatic carbocycles. The second-order valence-corrected chi connectivity index (χ2v) is 3.84. The first kappa shape index (κ1) is 8.45. The van der Waals surface area contributed by atoms with Gasteiger partial charge in [-0.25, -0.2) is 4.39 Å². The maximum Gasteiger partial charge on any atom is 0.113 e. The number of ether oxygens (including phenoxy) is 1. The van der Waals surface area contributed by atoms with Crippen LogP contribution in [0.5, 0.6) is 0 Å². The first-order valence-electron chi connectivity index (χ1n) is 4.77. The molecule has 0 aromatic carbocycles. The van der Waals surface area contributed by atoms with E-state index >= 15 is 0 Å². The lowest BCUT2D eigenvalue weighted by atomic mass is 10.0. The third-order valence-electron chi connectivity index (χ3n) is 2.94. The van der Waals surface area contributed by atoms with Crippen LogP contribution in [0.15, 0.2) is 0 Å². The number of nitrogens with zero attached hydrogens (tertiary/aromatic N) is 1. The molecule has 12 heavy (non-hydrogen) atoms. The Labute approximate surface area is 72.7 Å². The molecule has 0 N–H and O–H groups in total. The van der Waals surface area contributed by atoms with Crippen LogP contribution in [0.4, 0.5) is 4.39 Å². The van der Waals surface area contributed by atoms with E-state index in [2.05, 4.69) is 11.8 Å². The third-order valence-corrected chi connectivity index (χ3v) is 2.94. The lowest BCUT2D eigenvalue weighted by Gasteiger charge is -2.44. The molecule has 0 aromatic heterocycles. The Morgan fingerprint density at radius 1 is 1.50 bits per heavy atom. The Morgan fingerprint density at radius 3 is 2.83 bits per heavy atom. The maximum absolute atomic E-state index is 13.0. The molecule has 0 amide bonds. The van der Waals surface area contributed by atoms with Crippen molar-refractivity contribution < 1.29 is 9.13 Å². The van der Waals surface area contributed by atoms with Crippen LogP contribution in [0.1, 0.15) is 19.8 Å². The van der Waals surface area contributed by atoms with E-state index in [4.69, 9.17) is 4.74 Å². The van der Waals surface area contributed by atoms with Gasteiger partial charge in [-0.2, -0.15) is 0 Å². The van der Waals surface area contributed by atoms with Crippen molar-refractivity contribution >= 4 is 0 Å². The fraction of sp³-hybridized carbons (Fsp3) is 1.00. The summed E-state index contributed by atoms with van der Waals surface area (Å²) in [4.78, 5) is 2.24. The molecule has 0 spiro atoms. The van der Waals surface area contributed by atoms with Crippen molar-refractivity contribution in [1.82, 2.24) is 4.90 Å². The van der Waals surface area contributed by atoms with Gasteiger partial charge >= 0.3 is 0 Å². The van der Waals surface area contributed by atoms with E-state index in [-0.39, 0.29) is 0 Å². The molecule has 2 fully saturated rings. The van der Waals surface area contributed by atoms with Gasteiger partial charge in [0.25, 0.3) is 0 Å². The molecule has 3 unspecified atom stereocenters. The lowest BCUT2D eigenvalue weighted by molar-refractivity contribution is -0.133. The molecule has 2 heterocycles. The topological polar surface area (TPSA) is 12.5 Å². The first-order chi connectivity index (χ1) is 5.77. The van der Waals surface area contributed by atoms with Crippen LogP contribution in [-0.2, 0) is 4.74 Å². The summed E-state index contributed by atoms with van der Waals surface area (Å²) in [7, 11) is 0. The second kappa shape index (κ2) is 3.30. The summed E-state index contributed by atoms with van der Waals surface area (Å²) >= 11 is 0. The van der Waals surface area contributed by atoms with Crippen LogP contribution >= 0.6 is 0 Å². The highest BCUT2D eigenvalue weighted by atomic mass is 19.1. The van der Waals surface area contributed by atoms with Crippen LogP contribution in [0.2, 0.25) is 0 Å². The van der Waals surface area contributed by atoms with Gasteiger partial charge in [-0.3, -0.25) is 4.90 Å². The first-order valence-corrected chi connectivity index (χ1v) is 4.77. The number of rotatable bonds is 1. The van der Waals surface area contributed by atoms with E-state index in [0.717, 1.165) is 26.0 Å². The van der Waals surface area contributed by atoms with Crippen molar-refractivity contribution in [3.05, 3.63) is 0 Å². The van der Waals surface area contributed by atoms with E-state index in [1.54, 1.807) is 0 Å². The Balaban J connectivity index is 1.86. The molecule has 3 heteroatoms. The predicted molar refractivity (Wildman–Crippen MR) is 44.9 cm³/mol. The summed E-state index contributed by atoms with van der Waals surface area (Å²) in [5.41, 5.74) is 0. The van der Waals surface area contributed by atoms with Crippen molar-refractivity contribution in [1.29, 1.82) is 0 Å². The molecular weight excluding hydrogens is 157 g/mol. The Kier molecular flexibility index (Phi) is 2.33. The summed E-state index contributed by atoms with van der Waals surface area (Å²) in [6.07, 6.45) is 1.46. The van der Waals surface area contributed by atoms with E-state index in [0.29, 0.717) is 18.7 Å². The zero-order chi connectivity index (χ0) is 8.55. The predicted octanol–water partition coefficient (Wildman–Crippen LogP) is 1.21. The summed E-state index contributed by atoms with van der Waals surface area (Å²) in [6, 6.07) is 0.489. The van der Waals surface area contributed by atoms with Gasteiger partial charge in [0.1, 0.15) is 6.17 Å². The van der Waals surface area contributed by atoms with Crippen LogP contribution in [0.25, 0.3) is 0 Å². The zero-order valence-corrected chi connectivity index (χ0v) is 7.50. The van der Waals surface area contributed by atoms with Crippen molar-refractivity contribution in [2.24, 2.45) is 0 Å². The Morgan fingerprint density at radius 2 is 2.33 bits per heavy atom. The molecule has 0 aromatic rings. The fourth-order valence-electron chi connectivity index (χ4n) is 2.03. The SMILES string of the molecule is CC1OCC1N1CCCC(F)C1. The van der Waals surface area contributed by atoms with Crippen molar-refractivity contribution in [2.45, 2.75) is 38.1 Å². The van der Waals surface area contributed by atoms with E-state index in [1.807, 2.05) is 0 Å². The zero-order valence-electron chi connectivity index (χ0n) is 7.50. The normalized spacial score (nSPS) is 44.0. The fourth-order valence-corrected chi connectivity index (χ4v) is 2.03. The lowest BCUT2D eigenvalue weighted by Crippen LogP contribution is -2.57. The van der Waals surface area contributed by atoms with E-state index in [9.17, 15) is 4.39 Å². The number of likely N-dealkylation sites (tertiary alicyclic amines) is 1. The smallest absolute Gasteiger partial charge is 0.113 e. The molecule has 70 valence electrons. The van der Waals surface area contributed by atoms with Crippen LogP contribution in [0.3, 0.4) is 0 Å². The van der Waals surface area contributed by atoms with Crippen LogP contribution < -0.4 is 0 Å². The van der Waals surface area contributed by atoms with E-state index in [1.165, 1.54) is 0 Å². The molecule has 3 atom stereocenters. The highest BCUT2D eigenvalue weighted by Crippen LogP contribution is 2.23. The molecule has 0 radical (unpaired) electrons. The number of hydrogen-bond donors (Lipinski definition) is 0. The minimum Gasteiger partial charge on any atom is -0.375 e. The number of alkyl halides is 1. The monoisotopic (exact) mass is 173 g/mol. The van der Waals surface area contributed by atoms with Gasteiger partial charge in [0.2, 0.25) is 0 Å². The van der Waals surface area contributed by atoms with Crippen molar-refractivity contribution in [3.8, 4) is 0 Å². The number of hydrogen-bond acceptors (Lipinski definition) is 2. The molecule has 0 saturated carbocycles. The van der Waals surface area contributed by atoms with Crippen LogP contribution in [-0.4, -0.2) is 42.9 Å². The maximum atomic E-state index is 13.0. The summed E-state index contributed by atoms with van der Waals surface area (Å²) < 4.78 is 18.3. The molecule has 2 rings (SSSR count). The summed E-state index contributed by atoms with van der Waals surface area (Å²) in [5.74, 6) is 0. The largest absolute Gasteiger partial charge is 0.375 e. The molecule has 2 saturated heterocycles. The van der Waals surface area contributed by atoms with E-state index < -0.39 is 6.17 Å². The van der Waals surface area contributed by atoms with Crippen molar-refractivity contribution in [2.75, 3.05) is 19.7 Å². The van der Waals surface area contributed by atoms with Gasteiger partial charge in [0.15, 0.2) is 0 Å². The Bertz CT molecular complexity index is 165. The average Bonchev–Trinajstić information content (AvgIpc) is 2.02. The average molecular weight is 173 g/mol. The standard InChI is InChI=1S/C9H16FNO/c1-7-9(6-12-7)11-4-2-3-8(10)5-11/h7-9H,2-6H2,1H3. The second-order valence-electron chi connectivity index (χ2n) is 3.84. The van der Waals surface area contributed by atoms with Gasteiger partial charge < -0.3 is 4.74 Å². The number of piperidine rings is 1. The Hall–Kier alpha value is -0.150. The molecular formula is C9H16FNO. The van der Waals surface area contributed by atoms with Crippen molar-refractivity contribution in [3.63, 3.8) is 0 Å². The summed E-state index contributed by atoms with van der Waals surface area (Å²) in [5, 5.41) is 0. The van der Waals surface area contributed by atoms with Crippen LogP contribution in [0, 0.1) is 0 Å². The summed E-state index contributed by atoms with van der Waals surface area (Å²) in [6.45, 7) is 4.54. The van der Waals surface area contributed by atoms with Gasteiger partial charge in [-0.1, -0.05) is 0 Å². The highest BCUT2D eigenvalue weighted by Gasteiger charge is 2.35. The quantitative estimate of drug-likeness (QED) is 0.591. The number of halogens is 1. The molecule has 0 bridgehead atoms. The highest BCUT2D eigenvalue weighted by molar-refractivity contribution is 4.87. The minimum atomic E-state index is -0.605. The van der Waals surface area contributed by atoms with Gasteiger partial charge in [-0.15, -0.1) is 0 Å². The molecule has 2 aliphatic heterocycles. The molecule has 2 nitrogen and oxygen atoms in total.